The zero-order chi connectivity index (χ0) is 12.4. The standard InChI is InChI=1S/C12H16N2OS2/c1-8(17-3)7-14-11-5-4-9(15-2)6-10(11)13-12(14)16/h4-6,8H,7H2,1-3H3,(H,13,16). The predicted molar refractivity (Wildman–Crippen MR) is 76.7 cm³/mol. The van der Waals surface area contributed by atoms with Crippen LogP contribution in [0.25, 0.3) is 11.0 Å². The molecule has 2 aromatic rings. The molecule has 0 amide bonds. The van der Waals surface area contributed by atoms with Gasteiger partial charge >= 0.3 is 0 Å². The highest BCUT2D eigenvalue weighted by molar-refractivity contribution is 7.99. The molecule has 0 radical (unpaired) electrons. The van der Waals surface area contributed by atoms with E-state index in [1.807, 2.05) is 30.0 Å². The number of nitrogens with one attached hydrogen (secondary N) is 1. The highest BCUT2D eigenvalue weighted by Gasteiger charge is 2.08. The molecule has 0 saturated carbocycles. The predicted octanol–water partition coefficient (Wildman–Crippen LogP) is 3.46. The molecule has 1 aromatic carbocycles. The van der Waals surface area contributed by atoms with Gasteiger partial charge in [0.15, 0.2) is 4.77 Å². The number of nitrogens with zero attached hydrogens (tertiary/aromatic N) is 1. The number of aromatic nitrogens is 2. The fraction of sp³-hybridized carbons (Fsp3) is 0.417. The van der Waals surface area contributed by atoms with Gasteiger partial charge in [-0.15, -0.1) is 0 Å². The molecule has 0 saturated heterocycles. The Morgan fingerprint density at radius 1 is 1.53 bits per heavy atom. The fourth-order valence-electron chi connectivity index (χ4n) is 1.78. The second kappa shape index (κ2) is 5.14. The maximum absolute atomic E-state index is 5.36. The summed E-state index contributed by atoms with van der Waals surface area (Å²) in [5.74, 6) is 0.846. The highest BCUT2D eigenvalue weighted by atomic mass is 32.2. The van der Waals surface area contributed by atoms with E-state index in [0.29, 0.717) is 5.25 Å². The van der Waals surface area contributed by atoms with E-state index in [0.717, 1.165) is 28.1 Å². The molecular formula is C12H16N2OS2. The number of hydrogen-bond donors (Lipinski definition) is 1. The van der Waals surface area contributed by atoms with Gasteiger partial charge in [0.2, 0.25) is 0 Å². The van der Waals surface area contributed by atoms with Crippen molar-refractivity contribution in [2.24, 2.45) is 0 Å². The molecule has 92 valence electrons. The zero-order valence-corrected chi connectivity index (χ0v) is 11.8. The Bertz CT molecular complexity index is 573. The van der Waals surface area contributed by atoms with Crippen LogP contribution in [-0.4, -0.2) is 28.2 Å². The smallest absolute Gasteiger partial charge is 0.178 e. The lowest BCUT2D eigenvalue weighted by Crippen LogP contribution is -2.08. The molecule has 0 aliphatic carbocycles. The van der Waals surface area contributed by atoms with Crippen LogP contribution < -0.4 is 4.74 Å². The van der Waals surface area contributed by atoms with Gasteiger partial charge in [-0.3, -0.25) is 0 Å². The SMILES string of the molecule is COc1ccc2c(c1)[nH]c(=S)n2CC(C)SC. The molecule has 1 atom stereocenters. The summed E-state index contributed by atoms with van der Waals surface area (Å²) >= 11 is 7.20. The maximum Gasteiger partial charge on any atom is 0.178 e. The molecule has 0 aliphatic rings. The number of ether oxygens (including phenoxy) is 1. The van der Waals surface area contributed by atoms with Crippen LogP contribution >= 0.6 is 24.0 Å². The van der Waals surface area contributed by atoms with Gasteiger partial charge < -0.3 is 14.3 Å². The van der Waals surface area contributed by atoms with Crippen molar-refractivity contribution < 1.29 is 4.74 Å². The Morgan fingerprint density at radius 3 is 2.94 bits per heavy atom. The summed E-state index contributed by atoms with van der Waals surface area (Å²) in [6, 6.07) is 5.99. The van der Waals surface area contributed by atoms with Crippen molar-refractivity contribution in [3.8, 4) is 5.75 Å². The van der Waals surface area contributed by atoms with Crippen LogP contribution in [0.15, 0.2) is 18.2 Å². The fourth-order valence-corrected chi connectivity index (χ4v) is 2.36. The number of aromatic amines is 1. The average molecular weight is 268 g/mol. The van der Waals surface area contributed by atoms with Crippen molar-refractivity contribution in [2.75, 3.05) is 13.4 Å². The summed E-state index contributed by atoms with van der Waals surface area (Å²) in [6.45, 7) is 3.13. The van der Waals surface area contributed by atoms with Crippen molar-refractivity contribution >= 4 is 35.0 Å². The first kappa shape index (κ1) is 12.5. The van der Waals surface area contributed by atoms with Crippen molar-refractivity contribution in [1.29, 1.82) is 0 Å². The van der Waals surface area contributed by atoms with Crippen LogP contribution in [0.5, 0.6) is 5.75 Å². The van der Waals surface area contributed by atoms with Gasteiger partial charge in [0.25, 0.3) is 0 Å². The Morgan fingerprint density at radius 2 is 2.29 bits per heavy atom. The van der Waals surface area contributed by atoms with Crippen LogP contribution in [0, 0.1) is 4.77 Å². The lowest BCUT2D eigenvalue weighted by Gasteiger charge is -2.10. The number of benzene rings is 1. The van der Waals surface area contributed by atoms with E-state index in [1.165, 1.54) is 0 Å². The van der Waals surface area contributed by atoms with Gasteiger partial charge in [-0.1, -0.05) is 6.92 Å². The molecule has 1 heterocycles. The average Bonchev–Trinajstić information content (AvgIpc) is 2.64. The number of hydrogen-bond acceptors (Lipinski definition) is 3. The van der Waals surface area contributed by atoms with Crippen molar-refractivity contribution in [1.82, 2.24) is 9.55 Å². The number of fused-ring (bicyclic) bond motifs is 1. The molecule has 2 rings (SSSR count). The molecule has 0 fully saturated rings. The topological polar surface area (TPSA) is 29.9 Å². The van der Waals surface area contributed by atoms with E-state index in [2.05, 4.69) is 22.7 Å². The summed E-state index contributed by atoms with van der Waals surface area (Å²) < 4.78 is 8.12. The Balaban J connectivity index is 2.49. The first-order valence-electron chi connectivity index (χ1n) is 5.45. The summed E-state index contributed by atoms with van der Waals surface area (Å²) in [5, 5.41) is 0.544. The van der Waals surface area contributed by atoms with E-state index in [1.54, 1.807) is 7.11 Å². The monoisotopic (exact) mass is 268 g/mol. The van der Waals surface area contributed by atoms with Crippen molar-refractivity contribution in [3.05, 3.63) is 23.0 Å². The van der Waals surface area contributed by atoms with E-state index in [4.69, 9.17) is 17.0 Å². The molecule has 1 aromatic heterocycles. The van der Waals surface area contributed by atoms with E-state index >= 15 is 0 Å². The lowest BCUT2D eigenvalue weighted by molar-refractivity contribution is 0.415. The van der Waals surface area contributed by atoms with Crippen LogP contribution in [0.4, 0.5) is 0 Å². The van der Waals surface area contributed by atoms with Gasteiger partial charge in [-0.05, 0) is 30.6 Å². The Kier molecular flexibility index (Phi) is 3.79. The Labute approximate surface area is 110 Å². The quantitative estimate of drug-likeness (QED) is 0.861. The van der Waals surface area contributed by atoms with Gasteiger partial charge in [0, 0.05) is 17.9 Å². The molecule has 0 spiro atoms. The van der Waals surface area contributed by atoms with Crippen LogP contribution in [0.3, 0.4) is 0 Å². The van der Waals surface area contributed by atoms with Gasteiger partial charge in [-0.25, -0.2) is 0 Å². The van der Waals surface area contributed by atoms with Gasteiger partial charge in [-0.2, -0.15) is 11.8 Å². The van der Waals surface area contributed by atoms with E-state index < -0.39 is 0 Å². The number of rotatable bonds is 4. The van der Waals surface area contributed by atoms with Crippen LogP contribution in [0.1, 0.15) is 6.92 Å². The second-order valence-corrected chi connectivity index (χ2v) is 5.63. The molecule has 3 nitrogen and oxygen atoms in total. The van der Waals surface area contributed by atoms with Crippen LogP contribution in [-0.2, 0) is 6.54 Å². The third kappa shape index (κ3) is 2.50. The summed E-state index contributed by atoms with van der Waals surface area (Å²) in [4.78, 5) is 3.22. The van der Waals surface area contributed by atoms with Gasteiger partial charge in [0.1, 0.15) is 5.75 Å². The minimum atomic E-state index is 0.544. The third-order valence-electron chi connectivity index (χ3n) is 2.82. The molecular weight excluding hydrogens is 252 g/mol. The largest absolute Gasteiger partial charge is 0.497 e. The minimum Gasteiger partial charge on any atom is -0.497 e. The molecule has 0 bridgehead atoms. The molecule has 5 heteroatoms. The third-order valence-corrected chi connectivity index (χ3v) is 4.10. The Hall–Kier alpha value is -0.940. The van der Waals surface area contributed by atoms with E-state index in [9.17, 15) is 0 Å². The second-order valence-electron chi connectivity index (χ2n) is 3.97. The molecule has 17 heavy (non-hydrogen) atoms. The minimum absolute atomic E-state index is 0.544. The highest BCUT2D eigenvalue weighted by Crippen LogP contribution is 2.21. The molecule has 0 aliphatic heterocycles. The molecule has 1 N–H and O–H groups in total. The summed E-state index contributed by atoms with van der Waals surface area (Å²) in [7, 11) is 1.67. The lowest BCUT2D eigenvalue weighted by atomic mass is 10.3. The number of methoxy groups -OCH3 is 1. The number of imidazole rings is 1. The number of thioether (sulfide) groups is 1. The maximum atomic E-state index is 5.36. The first-order chi connectivity index (χ1) is 8.15. The number of H-pyrrole nitrogens is 1. The zero-order valence-electron chi connectivity index (χ0n) is 10.2. The first-order valence-corrected chi connectivity index (χ1v) is 7.14. The normalized spacial score (nSPS) is 12.9. The molecule has 1 unspecified atom stereocenters. The van der Waals surface area contributed by atoms with E-state index in [-0.39, 0.29) is 0 Å². The van der Waals surface area contributed by atoms with Crippen LogP contribution in [0.2, 0.25) is 0 Å². The van der Waals surface area contributed by atoms with Crippen molar-refractivity contribution in [3.63, 3.8) is 0 Å². The van der Waals surface area contributed by atoms with Gasteiger partial charge in [0.05, 0.1) is 18.1 Å². The summed E-state index contributed by atoms with van der Waals surface area (Å²) in [6.07, 6.45) is 2.12. The summed E-state index contributed by atoms with van der Waals surface area (Å²) in [5.41, 5.74) is 2.17. The van der Waals surface area contributed by atoms with Crippen molar-refractivity contribution in [2.45, 2.75) is 18.7 Å².